The Morgan fingerprint density at radius 1 is 1.28 bits per heavy atom. The number of amides is 1. The van der Waals surface area contributed by atoms with E-state index in [9.17, 15) is 4.79 Å². The van der Waals surface area contributed by atoms with Crippen LogP contribution in [0.4, 0.5) is 0 Å². The maximum absolute atomic E-state index is 12.5. The minimum absolute atomic E-state index is 0.0906. The van der Waals surface area contributed by atoms with E-state index >= 15 is 0 Å². The van der Waals surface area contributed by atoms with Crippen molar-refractivity contribution >= 4 is 17.7 Å². The van der Waals surface area contributed by atoms with E-state index in [1.165, 1.54) is 11.3 Å². The summed E-state index contributed by atoms with van der Waals surface area (Å²) >= 11 is 1.61. The SMILES string of the molecule is Cc1ccc(SC(C)C(=O)NCC2(Cn3nc(C)cc3C)CC2)cc1. The van der Waals surface area contributed by atoms with Gasteiger partial charge in [0, 0.05) is 29.1 Å². The molecule has 3 rings (SSSR count). The number of benzene rings is 1. The van der Waals surface area contributed by atoms with Gasteiger partial charge in [0.2, 0.25) is 5.91 Å². The first-order chi connectivity index (χ1) is 11.9. The zero-order valence-electron chi connectivity index (χ0n) is 15.5. The third-order valence-corrected chi connectivity index (χ3v) is 6.00. The van der Waals surface area contributed by atoms with Crippen molar-refractivity contribution in [3.8, 4) is 0 Å². The predicted molar refractivity (Wildman–Crippen MR) is 103 cm³/mol. The van der Waals surface area contributed by atoms with Crippen molar-refractivity contribution in [3.05, 3.63) is 47.3 Å². The Balaban J connectivity index is 1.51. The highest BCUT2D eigenvalue weighted by Gasteiger charge is 2.43. The topological polar surface area (TPSA) is 46.9 Å². The molecular formula is C20H27N3OS. The average molecular weight is 358 g/mol. The van der Waals surface area contributed by atoms with Crippen molar-refractivity contribution in [1.82, 2.24) is 15.1 Å². The van der Waals surface area contributed by atoms with Gasteiger partial charge in [-0.15, -0.1) is 11.8 Å². The smallest absolute Gasteiger partial charge is 0.233 e. The molecule has 1 amide bonds. The van der Waals surface area contributed by atoms with Crippen molar-refractivity contribution < 1.29 is 4.79 Å². The molecule has 1 aromatic carbocycles. The molecule has 0 radical (unpaired) electrons. The molecule has 25 heavy (non-hydrogen) atoms. The molecule has 0 bridgehead atoms. The Labute approximate surface area is 154 Å². The van der Waals surface area contributed by atoms with Crippen LogP contribution in [-0.2, 0) is 11.3 Å². The molecule has 0 saturated heterocycles. The van der Waals surface area contributed by atoms with Gasteiger partial charge < -0.3 is 5.32 Å². The molecule has 1 fully saturated rings. The van der Waals surface area contributed by atoms with Gasteiger partial charge in [0.05, 0.1) is 10.9 Å². The number of carbonyl (C=O) groups excluding carboxylic acids is 1. The van der Waals surface area contributed by atoms with Gasteiger partial charge in [0.25, 0.3) is 0 Å². The summed E-state index contributed by atoms with van der Waals surface area (Å²) in [6.45, 7) is 9.79. The quantitative estimate of drug-likeness (QED) is 0.765. The van der Waals surface area contributed by atoms with Crippen LogP contribution in [0.2, 0.25) is 0 Å². The van der Waals surface area contributed by atoms with Crippen molar-refractivity contribution in [2.45, 2.75) is 57.2 Å². The van der Waals surface area contributed by atoms with Crippen molar-refractivity contribution in [3.63, 3.8) is 0 Å². The minimum Gasteiger partial charge on any atom is -0.355 e. The van der Waals surface area contributed by atoms with Gasteiger partial charge in [-0.05, 0) is 58.7 Å². The van der Waals surface area contributed by atoms with Gasteiger partial charge in [0.1, 0.15) is 0 Å². The number of aromatic nitrogens is 2. The lowest BCUT2D eigenvalue weighted by Gasteiger charge is -2.19. The van der Waals surface area contributed by atoms with Gasteiger partial charge in [-0.25, -0.2) is 0 Å². The van der Waals surface area contributed by atoms with Gasteiger partial charge >= 0.3 is 0 Å². The average Bonchev–Trinajstić information content (AvgIpc) is 3.26. The Kier molecular flexibility index (Phi) is 5.23. The van der Waals surface area contributed by atoms with E-state index < -0.39 is 0 Å². The molecule has 1 aliphatic carbocycles. The summed E-state index contributed by atoms with van der Waals surface area (Å²) in [5, 5.41) is 7.63. The number of hydrogen-bond acceptors (Lipinski definition) is 3. The maximum Gasteiger partial charge on any atom is 0.233 e. The Hall–Kier alpha value is -1.75. The number of nitrogens with zero attached hydrogens (tertiary/aromatic N) is 2. The van der Waals surface area contributed by atoms with E-state index in [1.807, 2.05) is 13.8 Å². The Morgan fingerprint density at radius 3 is 2.52 bits per heavy atom. The van der Waals surface area contributed by atoms with E-state index in [4.69, 9.17) is 0 Å². The lowest BCUT2D eigenvalue weighted by molar-refractivity contribution is -0.120. The largest absolute Gasteiger partial charge is 0.355 e. The number of nitrogens with one attached hydrogen (secondary N) is 1. The monoisotopic (exact) mass is 357 g/mol. The van der Waals surface area contributed by atoms with Crippen LogP contribution in [0, 0.1) is 26.2 Å². The molecule has 0 spiro atoms. The molecule has 4 nitrogen and oxygen atoms in total. The van der Waals surface area contributed by atoms with E-state index in [1.54, 1.807) is 11.8 Å². The molecule has 1 heterocycles. The van der Waals surface area contributed by atoms with E-state index in [-0.39, 0.29) is 16.6 Å². The third-order valence-electron chi connectivity index (χ3n) is 4.89. The molecule has 1 saturated carbocycles. The second-order valence-electron chi connectivity index (χ2n) is 7.38. The van der Waals surface area contributed by atoms with Gasteiger partial charge in [-0.1, -0.05) is 17.7 Å². The zero-order chi connectivity index (χ0) is 18.0. The summed E-state index contributed by atoms with van der Waals surface area (Å²) in [7, 11) is 0. The maximum atomic E-state index is 12.5. The third kappa shape index (κ3) is 4.66. The van der Waals surface area contributed by atoms with Crippen molar-refractivity contribution in [2.75, 3.05) is 6.54 Å². The van der Waals surface area contributed by atoms with Crippen molar-refractivity contribution in [2.24, 2.45) is 5.41 Å². The highest BCUT2D eigenvalue weighted by molar-refractivity contribution is 8.00. The van der Waals surface area contributed by atoms with E-state index in [2.05, 4.69) is 59.3 Å². The molecule has 134 valence electrons. The molecule has 1 N–H and O–H groups in total. The minimum atomic E-state index is -0.0906. The first-order valence-electron chi connectivity index (χ1n) is 8.89. The van der Waals surface area contributed by atoms with Gasteiger partial charge in [-0.2, -0.15) is 5.10 Å². The highest BCUT2D eigenvalue weighted by atomic mass is 32.2. The summed E-state index contributed by atoms with van der Waals surface area (Å²) in [5.74, 6) is 0.116. The first kappa shape index (κ1) is 18.1. The van der Waals surface area contributed by atoms with Crippen LogP contribution in [0.1, 0.15) is 36.7 Å². The van der Waals surface area contributed by atoms with Crippen LogP contribution in [0.25, 0.3) is 0 Å². The fourth-order valence-electron chi connectivity index (χ4n) is 3.01. The molecule has 0 aliphatic heterocycles. The molecule has 5 heteroatoms. The van der Waals surface area contributed by atoms with Crippen LogP contribution in [0.15, 0.2) is 35.2 Å². The fourth-order valence-corrected chi connectivity index (χ4v) is 3.90. The van der Waals surface area contributed by atoms with Crippen LogP contribution >= 0.6 is 11.8 Å². The number of thioether (sulfide) groups is 1. The van der Waals surface area contributed by atoms with Crippen molar-refractivity contribution in [1.29, 1.82) is 0 Å². The second kappa shape index (κ2) is 7.24. The summed E-state index contributed by atoms with van der Waals surface area (Å²) in [6.07, 6.45) is 2.32. The Bertz CT molecular complexity index is 747. The molecule has 1 aromatic heterocycles. The lowest BCUT2D eigenvalue weighted by Crippen LogP contribution is -2.37. The predicted octanol–water partition coefficient (Wildman–Crippen LogP) is 3.89. The van der Waals surface area contributed by atoms with Crippen LogP contribution in [0.3, 0.4) is 0 Å². The second-order valence-corrected chi connectivity index (χ2v) is 8.79. The summed E-state index contributed by atoms with van der Waals surface area (Å²) in [5.41, 5.74) is 3.67. The summed E-state index contributed by atoms with van der Waals surface area (Å²) in [6, 6.07) is 10.4. The van der Waals surface area contributed by atoms with E-state index in [0.29, 0.717) is 0 Å². The molecule has 1 atom stereocenters. The molecule has 1 unspecified atom stereocenters. The number of aryl methyl sites for hydroxylation is 3. The first-order valence-corrected chi connectivity index (χ1v) is 9.77. The van der Waals surface area contributed by atoms with Gasteiger partial charge in [-0.3, -0.25) is 9.48 Å². The van der Waals surface area contributed by atoms with Crippen LogP contribution < -0.4 is 5.32 Å². The Morgan fingerprint density at radius 2 is 1.96 bits per heavy atom. The molecular weight excluding hydrogens is 330 g/mol. The van der Waals surface area contributed by atoms with Crippen LogP contribution in [-0.4, -0.2) is 27.5 Å². The lowest BCUT2D eigenvalue weighted by atomic mass is 10.1. The molecule has 2 aromatic rings. The fraction of sp³-hybridized carbons (Fsp3) is 0.500. The standard InChI is InChI=1S/C20H27N3OS/c1-14-5-7-18(8-6-14)25-17(4)19(24)21-12-20(9-10-20)13-23-16(3)11-15(2)22-23/h5-8,11,17H,9-10,12-13H2,1-4H3,(H,21,24). The highest BCUT2D eigenvalue weighted by Crippen LogP contribution is 2.46. The summed E-state index contributed by atoms with van der Waals surface area (Å²) in [4.78, 5) is 13.6. The normalized spacial score (nSPS) is 16.5. The molecule has 1 aliphatic rings. The van der Waals surface area contributed by atoms with Gasteiger partial charge in [0.15, 0.2) is 0 Å². The number of carbonyl (C=O) groups is 1. The van der Waals surface area contributed by atoms with Crippen LogP contribution in [0.5, 0.6) is 0 Å². The van der Waals surface area contributed by atoms with E-state index in [0.717, 1.165) is 36.5 Å². The zero-order valence-corrected chi connectivity index (χ0v) is 16.3. The number of rotatable bonds is 7. The summed E-state index contributed by atoms with van der Waals surface area (Å²) < 4.78 is 2.08. The number of hydrogen-bond donors (Lipinski definition) is 1.